The Labute approximate surface area is 177 Å². The van der Waals surface area contributed by atoms with Gasteiger partial charge in [0.25, 0.3) is 5.91 Å². The average Bonchev–Trinajstić information content (AvgIpc) is 2.75. The minimum Gasteiger partial charge on any atom is -0.324 e. The number of anilines is 2. The van der Waals surface area contributed by atoms with Crippen molar-refractivity contribution in [2.45, 2.75) is 41.2 Å². The first kappa shape index (κ1) is 20.1. The van der Waals surface area contributed by atoms with E-state index in [1.54, 1.807) is 36.4 Å². The van der Waals surface area contributed by atoms with E-state index in [0.29, 0.717) is 16.9 Å². The lowest BCUT2D eigenvalue weighted by Gasteiger charge is -2.25. The lowest BCUT2D eigenvalue weighted by atomic mass is 10.1. The topological polar surface area (TPSA) is 78.5 Å². The first-order valence-electron chi connectivity index (χ1n) is 9.71. The zero-order valence-corrected chi connectivity index (χ0v) is 17.8. The van der Waals surface area contributed by atoms with E-state index < -0.39 is 11.0 Å². The highest BCUT2D eigenvalue weighted by atomic mass is 32.2. The summed E-state index contributed by atoms with van der Waals surface area (Å²) in [5.74, 6) is -0.312. The number of piperidine rings is 1. The van der Waals surface area contributed by atoms with Crippen molar-refractivity contribution in [2.75, 3.05) is 23.7 Å². The molecule has 2 amide bonds. The molecule has 2 aromatic rings. The van der Waals surface area contributed by atoms with Crippen molar-refractivity contribution in [3.05, 3.63) is 48.0 Å². The zero-order valence-electron chi connectivity index (χ0n) is 16.1. The molecular formula is C21H23N3O3S2. The third kappa shape index (κ3) is 4.55. The molecule has 4 rings (SSSR count). The number of fused-ring (bicyclic) bond motifs is 1. The van der Waals surface area contributed by atoms with Gasteiger partial charge in [0.1, 0.15) is 11.0 Å². The fourth-order valence-electron chi connectivity index (χ4n) is 3.39. The number of nitrogens with zero attached hydrogens (tertiary/aromatic N) is 1. The molecule has 0 saturated carbocycles. The highest BCUT2D eigenvalue weighted by Gasteiger charge is 2.24. The van der Waals surface area contributed by atoms with Crippen molar-refractivity contribution in [3.63, 3.8) is 0 Å². The highest BCUT2D eigenvalue weighted by Crippen LogP contribution is 2.36. The van der Waals surface area contributed by atoms with Gasteiger partial charge in [-0.2, -0.15) is 0 Å². The van der Waals surface area contributed by atoms with Gasteiger partial charge < -0.3 is 10.6 Å². The summed E-state index contributed by atoms with van der Waals surface area (Å²) in [6.07, 6.45) is 3.36. The van der Waals surface area contributed by atoms with Crippen LogP contribution in [0.1, 0.15) is 36.5 Å². The monoisotopic (exact) mass is 429 g/mol. The Morgan fingerprint density at radius 3 is 2.59 bits per heavy atom. The van der Waals surface area contributed by atoms with Gasteiger partial charge in [0, 0.05) is 29.2 Å². The fourth-order valence-corrected chi connectivity index (χ4v) is 5.58. The normalized spacial score (nSPS) is 20.4. The number of carbonyl (C=O) groups excluding carboxylic acids is 2. The van der Waals surface area contributed by atoms with Crippen molar-refractivity contribution < 1.29 is 13.8 Å². The zero-order chi connectivity index (χ0) is 20.4. The van der Waals surface area contributed by atoms with Gasteiger partial charge in [0.15, 0.2) is 0 Å². The smallest absolute Gasteiger partial charge is 0.255 e. The molecule has 0 radical (unpaired) electrons. The minimum atomic E-state index is -1.16. The van der Waals surface area contributed by atoms with E-state index in [1.165, 1.54) is 18.2 Å². The van der Waals surface area contributed by atoms with Crippen LogP contribution in [0.2, 0.25) is 0 Å². The maximum Gasteiger partial charge on any atom is 0.255 e. The van der Waals surface area contributed by atoms with Gasteiger partial charge in [0.05, 0.1) is 15.8 Å². The summed E-state index contributed by atoms with van der Waals surface area (Å²) in [5.41, 5.74) is 1.78. The van der Waals surface area contributed by atoms with E-state index in [0.717, 1.165) is 35.7 Å². The second-order valence-electron chi connectivity index (χ2n) is 7.18. The highest BCUT2D eigenvalue weighted by molar-refractivity contribution is 8.01. The Morgan fingerprint density at radius 2 is 1.86 bits per heavy atom. The summed E-state index contributed by atoms with van der Waals surface area (Å²) >= 11 is 1.48. The van der Waals surface area contributed by atoms with Gasteiger partial charge in [-0.05, 0) is 62.2 Å². The Balaban J connectivity index is 1.43. The number of benzene rings is 2. The van der Waals surface area contributed by atoms with E-state index in [-0.39, 0.29) is 17.1 Å². The van der Waals surface area contributed by atoms with Crippen LogP contribution in [-0.2, 0) is 15.8 Å². The molecule has 2 N–H and O–H groups in total. The van der Waals surface area contributed by atoms with Crippen LogP contribution in [0.5, 0.6) is 0 Å². The molecule has 2 atom stereocenters. The van der Waals surface area contributed by atoms with Crippen LogP contribution in [0, 0.1) is 0 Å². The molecular weight excluding hydrogens is 406 g/mol. The van der Waals surface area contributed by atoms with Crippen LogP contribution in [-0.4, -0.2) is 38.7 Å². The van der Waals surface area contributed by atoms with Crippen LogP contribution in [0.25, 0.3) is 0 Å². The second-order valence-corrected chi connectivity index (χ2v) is 10.0. The van der Waals surface area contributed by atoms with Gasteiger partial charge in [-0.1, -0.05) is 6.42 Å². The van der Waals surface area contributed by atoms with Crippen LogP contribution in [0.3, 0.4) is 0 Å². The van der Waals surface area contributed by atoms with Crippen LogP contribution in [0.15, 0.2) is 52.3 Å². The molecule has 0 bridgehead atoms. The number of hydrogen-bond donors (Lipinski definition) is 2. The first-order valence-corrected chi connectivity index (χ1v) is 11.7. The standard InChI is InChI=1S/C21H23N3O3S2/c1-14-20(25)23-18-13-15(5-10-19(18)28-14)21(26)22-16-6-8-17(9-7-16)29(27)24-11-3-2-4-12-24/h5-10,13-14H,2-4,11-12H2,1H3,(H,22,26)(H,23,25)/t14-,29?/m1/s1. The molecule has 0 spiro atoms. The number of amides is 2. The summed E-state index contributed by atoms with van der Waals surface area (Å²) in [6.45, 7) is 3.57. The lowest BCUT2D eigenvalue weighted by Crippen LogP contribution is -2.31. The molecule has 2 aliphatic rings. The maximum atomic E-state index is 12.7. The quantitative estimate of drug-likeness (QED) is 0.773. The van der Waals surface area contributed by atoms with Crippen molar-refractivity contribution in [1.29, 1.82) is 0 Å². The maximum absolute atomic E-state index is 12.7. The van der Waals surface area contributed by atoms with E-state index >= 15 is 0 Å². The number of carbonyl (C=O) groups is 2. The number of rotatable bonds is 4. The summed E-state index contributed by atoms with van der Waals surface area (Å²) in [5, 5.41) is 5.56. The molecule has 2 aliphatic heterocycles. The van der Waals surface area contributed by atoms with Crippen molar-refractivity contribution >= 4 is 45.9 Å². The molecule has 1 saturated heterocycles. The number of thioether (sulfide) groups is 1. The van der Waals surface area contributed by atoms with Gasteiger partial charge in [-0.15, -0.1) is 11.8 Å². The first-order chi connectivity index (χ1) is 14.0. The van der Waals surface area contributed by atoms with Gasteiger partial charge >= 0.3 is 0 Å². The molecule has 29 heavy (non-hydrogen) atoms. The molecule has 2 heterocycles. The molecule has 2 aromatic carbocycles. The summed E-state index contributed by atoms with van der Waals surface area (Å²) < 4.78 is 14.7. The summed E-state index contributed by atoms with van der Waals surface area (Å²) in [7, 11) is -1.16. The Hall–Kier alpha value is -2.16. The van der Waals surface area contributed by atoms with Crippen molar-refractivity contribution in [1.82, 2.24) is 4.31 Å². The Kier molecular flexibility index (Phi) is 6.03. The second kappa shape index (κ2) is 8.69. The van der Waals surface area contributed by atoms with Crippen molar-refractivity contribution in [3.8, 4) is 0 Å². The summed E-state index contributed by atoms with van der Waals surface area (Å²) in [4.78, 5) is 26.2. The molecule has 1 fully saturated rings. The van der Waals surface area contributed by atoms with E-state index in [4.69, 9.17) is 0 Å². The summed E-state index contributed by atoms with van der Waals surface area (Å²) in [6, 6.07) is 12.4. The van der Waals surface area contributed by atoms with E-state index in [1.807, 2.05) is 17.3 Å². The molecule has 6 nitrogen and oxygen atoms in total. The molecule has 0 aliphatic carbocycles. The Morgan fingerprint density at radius 1 is 1.14 bits per heavy atom. The van der Waals surface area contributed by atoms with Crippen LogP contribution < -0.4 is 10.6 Å². The SMILES string of the molecule is C[C@H]1Sc2ccc(C(=O)Nc3ccc(S(=O)N4CCCCC4)cc3)cc2NC1=O. The predicted molar refractivity (Wildman–Crippen MR) is 117 cm³/mol. The molecule has 0 aromatic heterocycles. The van der Waals surface area contributed by atoms with Gasteiger partial charge in [0.2, 0.25) is 5.91 Å². The van der Waals surface area contributed by atoms with E-state index in [2.05, 4.69) is 10.6 Å². The largest absolute Gasteiger partial charge is 0.324 e. The molecule has 152 valence electrons. The third-order valence-electron chi connectivity index (χ3n) is 5.04. The van der Waals surface area contributed by atoms with Crippen LogP contribution in [0.4, 0.5) is 11.4 Å². The van der Waals surface area contributed by atoms with Crippen LogP contribution >= 0.6 is 11.8 Å². The lowest BCUT2D eigenvalue weighted by molar-refractivity contribution is -0.115. The minimum absolute atomic E-state index is 0.0580. The number of nitrogens with one attached hydrogen (secondary N) is 2. The van der Waals surface area contributed by atoms with E-state index in [9.17, 15) is 13.8 Å². The average molecular weight is 430 g/mol. The Bertz CT molecular complexity index is 956. The predicted octanol–water partition coefficient (Wildman–Crippen LogP) is 3.88. The van der Waals surface area contributed by atoms with Crippen molar-refractivity contribution in [2.24, 2.45) is 0 Å². The number of hydrogen-bond acceptors (Lipinski definition) is 4. The fraction of sp³-hybridized carbons (Fsp3) is 0.333. The molecule has 1 unspecified atom stereocenters. The molecule has 8 heteroatoms. The van der Waals surface area contributed by atoms with Gasteiger partial charge in [-0.3, -0.25) is 9.59 Å². The van der Waals surface area contributed by atoms with Gasteiger partial charge in [-0.25, -0.2) is 8.51 Å². The third-order valence-corrected chi connectivity index (χ3v) is 7.72.